The first-order valence-corrected chi connectivity index (χ1v) is 8.14. The highest BCUT2D eigenvalue weighted by molar-refractivity contribution is 5.94. The van der Waals surface area contributed by atoms with Gasteiger partial charge in [0.05, 0.1) is 0 Å². The van der Waals surface area contributed by atoms with E-state index in [-0.39, 0.29) is 5.91 Å². The Morgan fingerprint density at radius 1 is 1.10 bits per heavy atom. The van der Waals surface area contributed by atoms with Crippen LogP contribution in [0.2, 0.25) is 0 Å². The van der Waals surface area contributed by atoms with Gasteiger partial charge in [-0.15, -0.1) is 0 Å². The molecule has 1 aliphatic heterocycles. The number of carbonyl (C=O) groups excluding carboxylic acids is 1. The third-order valence-corrected chi connectivity index (χ3v) is 4.21. The molecule has 1 fully saturated rings. The van der Waals surface area contributed by atoms with Gasteiger partial charge in [-0.3, -0.25) is 9.69 Å². The van der Waals surface area contributed by atoms with Crippen LogP contribution in [0.25, 0.3) is 0 Å². The molecule has 1 heterocycles. The van der Waals surface area contributed by atoms with Crippen LogP contribution in [0.5, 0.6) is 0 Å². The van der Waals surface area contributed by atoms with E-state index in [9.17, 15) is 4.79 Å². The molecule has 0 radical (unpaired) electrons. The molecule has 1 saturated heterocycles. The molecule has 116 valence electrons. The summed E-state index contributed by atoms with van der Waals surface area (Å²) in [6.07, 6.45) is 2.56. The summed E-state index contributed by atoms with van der Waals surface area (Å²) in [4.78, 5) is 16.9. The maximum absolute atomic E-state index is 12.4. The molecule has 0 atom stereocenters. The van der Waals surface area contributed by atoms with Gasteiger partial charge in [0.2, 0.25) is 0 Å². The van der Waals surface area contributed by atoms with E-state index in [1.165, 1.54) is 24.9 Å². The summed E-state index contributed by atoms with van der Waals surface area (Å²) in [5.74, 6) is 0.964. The van der Waals surface area contributed by atoms with E-state index < -0.39 is 0 Å². The maximum Gasteiger partial charge on any atom is 0.253 e. The number of aryl methyl sites for hydroxylation is 1. The summed E-state index contributed by atoms with van der Waals surface area (Å²) < 4.78 is 0. The van der Waals surface area contributed by atoms with Crippen LogP contribution in [-0.4, -0.2) is 48.4 Å². The lowest BCUT2D eigenvalue weighted by Gasteiger charge is -2.35. The van der Waals surface area contributed by atoms with E-state index in [1.807, 2.05) is 36.1 Å². The van der Waals surface area contributed by atoms with E-state index in [4.69, 9.17) is 0 Å². The Morgan fingerprint density at radius 2 is 1.71 bits per heavy atom. The predicted octanol–water partition coefficient (Wildman–Crippen LogP) is 3.19. The zero-order valence-corrected chi connectivity index (χ0v) is 13.6. The molecule has 0 saturated carbocycles. The number of piperazine rings is 1. The number of nitrogens with zero attached hydrogens (tertiary/aromatic N) is 2. The van der Waals surface area contributed by atoms with Gasteiger partial charge < -0.3 is 4.90 Å². The van der Waals surface area contributed by atoms with Crippen LogP contribution < -0.4 is 0 Å². The van der Waals surface area contributed by atoms with Gasteiger partial charge in [0.15, 0.2) is 0 Å². The number of carbonyl (C=O) groups is 1. The van der Waals surface area contributed by atoms with Crippen molar-refractivity contribution in [2.75, 3.05) is 32.7 Å². The molecule has 1 aromatic rings. The fourth-order valence-electron chi connectivity index (χ4n) is 2.78. The lowest BCUT2D eigenvalue weighted by atomic mass is 10.1. The SMILES string of the molecule is Cc1ccc(C(=O)N2CCN(CCCC(C)C)CC2)cc1. The van der Waals surface area contributed by atoms with E-state index in [1.54, 1.807) is 0 Å². The number of hydrogen-bond donors (Lipinski definition) is 0. The van der Waals surface area contributed by atoms with Crippen molar-refractivity contribution in [3.05, 3.63) is 35.4 Å². The third-order valence-electron chi connectivity index (χ3n) is 4.21. The summed E-state index contributed by atoms with van der Waals surface area (Å²) in [5.41, 5.74) is 2.01. The molecular weight excluding hydrogens is 260 g/mol. The molecule has 0 aromatic heterocycles. The van der Waals surface area contributed by atoms with Gasteiger partial charge in [-0.2, -0.15) is 0 Å². The first-order valence-electron chi connectivity index (χ1n) is 8.14. The summed E-state index contributed by atoms with van der Waals surface area (Å²) >= 11 is 0. The third kappa shape index (κ3) is 4.85. The van der Waals surface area contributed by atoms with Crippen LogP contribution in [0.1, 0.15) is 42.6 Å². The van der Waals surface area contributed by atoms with Crippen molar-refractivity contribution in [2.45, 2.75) is 33.6 Å². The van der Waals surface area contributed by atoms with Gasteiger partial charge in [-0.25, -0.2) is 0 Å². The summed E-state index contributed by atoms with van der Waals surface area (Å²) in [6.45, 7) is 11.5. The van der Waals surface area contributed by atoms with E-state index >= 15 is 0 Å². The van der Waals surface area contributed by atoms with Crippen molar-refractivity contribution >= 4 is 5.91 Å². The van der Waals surface area contributed by atoms with Crippen LogP contribution in [0, 0.1) is 12.8 Å². The van der Waals surface area contributed by atoms with Crippen molar-refractivity contribution in [1.82, 2.24) is 9.80 Å². The molecule has 3 heteroatoms. The molecule has 0 spiro atoms. The minimum absolute atomic E-state index is 0.178. The topological polar surface area (TPSA) is 23.6 Å². The van der Waals surface area contributed by atoms with Crippen LogP contribution in [-0.2, 0) is 0 Å². The zero-order chi connectivity index (χ0) is 15.2. The molecule has 2 rings (SSSR count). The van der Waals surface area contributed by atoms with E-state index in [0.29, 0.717) is 0 Å². The largest absolute Gasteiger partial charge is 0.336 e. The molecule has 0 bridgehead atoms. The van der Waals surface area contributed by atoms with Gasteiger partial charge in [0, 0.05) is 31.7 Å². The van der Waals surface area contributed by atoms with Crippen molar-refractivity contribution in [3.8, 4) is 0 Å². The predicted molar refractivity (Wildman–Crippen MR) is 87.6 cm³/mol. The Bertz CT molecular complexity index is 445. The monoisotopic (exact) mass is 288 g/mol. The van der Waals surface area contributed by atoms with Gasteiger partial charge in [0.1, 0.15) is 0 Å². The lowest BCUT2D eigenvalue weighted by Crippen LogP contribution is -2.48. The molecule has 1 amide bonds. The number of amides is 1. The minimum atomic E-state index is 0.178. The molecule has 0 aliphatic carbocycles. The standard InChI is InChI=1S/C18H28N2O/c1-15(2)5-4-10-19-11-13-20(14-12-19)18(21)17-8-6-16(3)7-9-17/h6-9,15H,4-5,10-14H2,1-3H3. The van der Waals surface area contributed by atoms with Crippen molar-refractivity contribution in [3.63, 3.8) is 0 Å². The van der Waals surface area contributed by atoms with Gasteiger partial charge >= 0.3 is 0 Å². The highest BCUT2D eigenvalue weighted by Crippen LogP contribution is 2.11. The molecule has 3 nitrogen and oxygen atoms in total. The number of rotatable bonds is 5. The smallest absolute Gasteiger partial charge is 0.253 e. The van der Waals surface area contributed by atoms with E-state index in [2.05, 4.69) is 18.7 Å². The van der Waals surface area contributed by atoms with Crippen molar-refractivity contribution in [1.29, 1.82) is 0 Å². The van der Waals surface area contributed by atoms with Gasteiger partial charge in [-0.1, -0.05) is 31.5 Å². The molecule has 21 heavy (non-hydrogen) atoms. The second kappa shape index (κ2) is 7.60. The Morgan fingerprint density at radius 3 is 2.29 bits per heavy atom. The maximum atomic E-state index is 12.4. The van der Waals surface area contributed by atoms with Crippen LogP contribution in [0.15, 0.2) is 24.3 Å². The van der Waals surface area contributed by atoms with Crippen molar-refractivity contribution in [2.24, 2.45) is 5.92 Å². The highest BCUT2D eigenvalue weighted by Gasteiger charge is 2.21. The van der Waals surface area contributed by atoms with Crippen LogP contribution in [0.3, 0.4) is 0 Å². The molecule has 0 N–H and O–H groups in total. The Labute approximate surface area is 128 Å². The quantitative estimate of drug-likeness (QED) is 0.831. The first-order chi connectivity index (χ1) is 10.1. The molecule has 0 unspecified atom stereocenters. The fraction of sp³-hybridized carbons (Fsp3) is 0.611. The second-order valence-electron chi connectivity index (χ2n) is 6.54. The first kappa shape index (κ1) is 16.0. The van der Waals surface area contributed by atoms with E-state index in [0.717, 1.165) is 37.7 Å². The number of benzene rings is 1. The summed E-state index contributed by atoms with van der Waals surface area (Å²) in [5, 5.41) is 0. The Hall–Kier alpha value is -1.35. The summed E-state index contributed by atoms with van der Waals surface area (Å²) in [6, 6.07) is 7.89. The fourth-order valence-corrected chi connectivity index (χ4v) is 2.78. The normalized spacial score (nSPS) is 16.5. The van der Waals surface area contributed by atoms with Gasteiger partial charge in [0.25, 0.3) is 5.91 Å². The molecular formula is C18H28N2O. The lowest BCUT2D eigenvalue weighted by molar-refractivity contribution is 0.0634. The molecule has 1 aromatic carbocycles. The Balaban J connectivity index is 1.78. The number of hydrogen-bond acceptors (Lipinski definition) is 2. The van der Waals surface area contributed by atoms with Crippen molar-refractivity contribution < 1.29 is 4.79 Å². The molecule has 1 aliphatic rings. The minimum Gasteiger partial charge on any atom is -0.336 e. The summed E-state index contributed by atoms with van der Waals surface area (Å²) in [7, 11) is 0. The van der Waals surface area contributed by atoms with Gasteiger partial charge in [-0.05, 0) is 44.4 Å². The second-order valence-corrected chi connectivity index (χ2v) is 6.54. The van der Waals surface area contributed by atoms with Crippen LogP contribution >= 0.6 is 0 Å². The van der Waals surface area contributed by atoms with Crippen LogP contribution in [0.4, 0.5) is 0 Å². The zero-order valence-electron chi connectivity index (χ0n) is 13.6. The average Bonchev–Trinajstić information content (AvgIpc) is 2.48. The highest BCUT2D eigenvalue weighted by atomic mass is 16.2. The average molecular weight is 288 g/mol. The Kier molecular flexibility index (Phi) is 5.80.